The van der Waals surface area contributed by atoms with Crippen LogP contribution in [-0.2, 0) is 19.6 Å². The molecule has 10 heteroatoms. The van der Waals surface area contributed by atoms with Gasteiger partial charge in [-0.05, 0) is 38.0 Å². The summed E-state index contributed by atoms with van der Waals surface area (Å²) in [6, 6.07) is 4.49. The normalized spacial score (nSPS) is 17.3. The molecule has 4 rings (SSSR count). The number of hydrogen-bond donors (Lipinski definition) is 0. The number of nitrogens with zero attached hydrogens (tertiary/aromatic N) is 3. The van der Waals surface area contributed by atoms with Crippen molar-refractivity contribution in [3.05, 3.63) is 35.0 Å². The molecule has 1 saturated heterocycles. The lowest BCUT2D eigenvalue weighted by Crippen LogP contribution is -2.35. The van der Waals surface area contributed by atoms with Gasteiger partial charge in [-0.15, -0.1) is 0 Å². The lowest BCUT2D eigenvalue weighted by atomic mass is 10.0. The van der Waals surface area contributed by atoms with Gasteiger partial charge in [0.15, 0.2) is 0 Å². The van der Waals surface area contributed by atoms with Crippen LogP contribution in [0.3, 0.4) is 0 Å². The van der Waals surface area contributed by atoms with Crippen molar-refractivity contribution < 1.29 is 27.5 Å². The number of carbonyl (C=O) groups excluding carboxylic acids is 3. The van der Waals surface area contributed by atoms with Crippen molar-refractivity contribution >= 4 is 38.7 Å². The summed E-state index contributed by atoms with van der Waals surface area (Å²) in [6.45, 7) is 3.61. The van der Waals surface area contributed by atoms with Gasteiger partial charge in [0.25, 0.3) is 11.8 Å². The Morgan fingerprint density at radius 2 is 1.77 bits per heavy atom. The van der Waals surface area contributed by atoms with Crippen LogP contribution in [0, 0.1) is 6.92 Å². The maximum absolute atomic E-state index is 13.1. The van der Waals surface area contributed by atoms with Crippen molar-refractivity contribution in [3.63, 3.8) is 0 Å². The van der Waals surface area contributed by atoms with E-state index in [4.69, 9.17) is 4.74 Å². The van der Waals surface area contributed by atoms with Gasteiger partial charge in [-0.2, -0.15) is 4.31 Å². The number of imide groups is 1. The molecule has 9 nitrogen and oxygen atoms in total. The second-order valence-corrected chi connectivity index (χ2v) is 9.63. The molecule has 2 amide bonds. The molecule has 0 N–H and O–H groups in total. The molecule has 0 bridgehead atoms. The minimum Gasteiger partial charge on any atom is -0.464 e. The van der Waals surface area contributed by atoms with Crippen LogP contribution >= 0.6 is 0 Å². The summed E-state index contributed by atoms with van der Waals surface area (Å²) < 4.78 is 32.5. The highest BCUT2D eigenvalue weighted by atomic mass is 32.2. The van der Waals surface area contributed by atoms with Gasteiger partial charge in [0, 0.05) is 25.4 Å². The number of rotatable bonds is 5. The number of carbonyl (C=O) groups is 3. The summed E-state index contributed by atoms with van der Waals surface area (Å²) in [6.07, 6.45) is 2.63. The molecule has 0 unspecified atom stereocenters. The van der Waals surface area contributed by atoms with Crippen LogP contribution in [0.4, 0.5) is 0 Å². The number of sulfonamides is 1. The zero-order chi connectivity index (χ0) is 22.3. The Morgan fingerprint density at radius 1 is 1.10 bits per heavy atom. The fourth-order valence-electron chi connectivity index (χ4n) is 4.11. The van der Waals surface area contributed by atoms with E-state index >= 15 is 0 Å². The van der Waals surface area contributed by atoms with E-state index in [1.807, 2.05) is 0 Å². The van der Waals surface area contributed by atoms with Crippen LogP contribution in [0.5, 0.6) is 0 Å². The van der Waals surface area contributed by atoms with Crippen LogP contribution in [0.2, 0.25) is 0 Å². The predicted molar refractivity (Wildman–Crippen MR) is 111 cm³/mol. The van der Waals surface area contributed by atoms with Gasteiger partial charge in [-0.1, -0.05) is 6.42 Å². The highest BCUT2D eigenvalue weighted by Crippen LogP contribution is 2.33. The van der Waals surface area contributed by atoms with E-state index in [0.29, 0.717) is 29.7 Å². The fraction of sp³-hybridized carbons (Fsp3) is 0.429. The van der Waals surface area contributed by atoms with Gasteiger partial charge >= 0.3 is 5.97 Å². The Labute approximate surface area is 180 Å². The number of pyridine rings is 1. The van der Waals surface area contributed by atoms with Gasteiger partial charge in [0.1, 0.15) is 6.61 Å². The van der Waals surface area contributed by atoms with Crippen LogP contribution in [0.25, 0.3) is 10.9 Å². The van der Waals surface area contributed by atoms with Crippen LogP contribution < -0.4 is 0 Å². The lowest BCUT2D eigenvalue weighted by molar-refractivity contribution is -0.141. The van der Waals surface area contributed by atoms with E-state index in [1.54, 1.807) is 13.0 Å². The summed E-state index contributed by atoms with van der Waals surface area (Å²) in [7, 11) is -3.71. The molecule has 2 aliphatic heterocycles. The van der Waals surface area contributed by atoms with Gasteiger partial charge in [-0.25, -0.2) is 8.42 Å². The standard InChI is InChI=1S/C21H23N3O6S/c1-13-18-19(21(27)24(20(18)26)10-11-30-14(2)25)16-12-15(6-7-17(16)22-13)31(28,29)23-8-4-3-5-9-23/h6-7,12H,3-5,8-11H2,1-2H3. The zero-order valence-corrected chi connectivity index (χ0v) is 18.2. The molecule has 164 valence electrons. The third-order valence-corrected chi connectivity index (χ3v) is 7.52. The third-order valence-electron chi connectivity index (χ3n) is 5.63. The average molecular weight is 445 g/mol. The van der Waals surface area contributed by atoms with Gasteiger partial charge in [0.05, 0.1) is 33.8 Å². The molecular formula is C21H23N3O6S. The average Bonchev–Trinajstić information content (AvgIpc) is 2.99. The largest absolute Gasteiger partial charge is 0.464 e. The first-order valence-corrected chi connectivity index (χ1v) is 11.6. The Morgan fingerprint density at radius 3 is 2.45 bits per heavy atom. The summed E-state index contributed by atoms with van der Waals surface area (Å²) >= 11 is 0. The van der Waals surface area contributed by atoms with E-state index in [-0.39, 0.29) is 29.2 Å². The topological polar surface area (TPSA) is 114 Å². The van der Waals surface area contributed by atoms with Gasteiger partial charge < -0.3 is 4.74 Å². The van der Waals surface area contributed by atoms with Crippen LogP contribution in [0.15, 0.2) is 23.1 Å². The maximum Gasteiger partial charge on any atom is 0.302 e. The Kier molecular flexibility index (Phi) is 5.52. The van der Waals surface area contributed by atoms with Crippen molar-refractivity contribution in [2.24, 2.45) is 0 Å². The molecule has 1 fully saturated rings. The molecule has 3 heterocycles. The molecule has 31 heavy (non-hydrogen) atoms. The number of piperidine rings is 1. The minimum atomic E-state index is -3.71. The number of fused-ring (bicyclic) bond motifs is 3. The van der Waals surface area contributed by atoms with E-state index in [1.165, 1.54) is 23.4 Å². The maximum atomic E-state index is 13.1. The van der Waals surface area contributed by atoms with E-state index < -0.39 is 27.8 Å². The first-order chi connectivity index (χ1) is 14.7. The van der Waals surface area contributed by atoms with Crippen molar-refractivity contribution in [1.29, 1.82) is 0 Å². The smallest absolute Gasteiger partial charge is 0.302 e. The molecule has 0 spiro atoms. The Balaban J connectivity index is 1.77. The number of hydrogen-bond acceptors (Lipinski definition) is 7. The number of benzene rings is 1. The van der Waals surface area contributed by atoms with E-state index in [2.05, 4.69) is 4.98 Å². The minimum absolute atomic E-state index is 0.0772. The molecule has 1 aromatic heterocycles. The lowest BCUT2D eigenvalue weighted by Gasteiger charge is -2.26. The highest BCUT2D eigenvalue weighted by molar-refractivity contribution is 7.89. The summed E-state index contributed by atoms with van der Waals surface area (Å²) in [5, 5.41) is 0.326. The summed E-state index contributed by atoms with van der Waals surface area (Å²) in [5.41, 5.74) is 1.14. The summed E-state index contributed by atoms with van der Waals surface area (Å²) in [4.78, 5) is 42.5. The summed E-state index contributed by atoms with van der Waals surface area (Å²) in [5.74, 6) is -1.58. The number of amides is 2. The molecule has 0 saturated carbocycles. The fourth-order valence-corrected chi connectivity index (χ4v) is 5.65. The Hall–Kier alpha value is -2.85. The van der Waals surface area contributed by atoms with Gasteiger partial charge in [0.2, 0.25) is 10.0 Å². The molecule has 0 radical (unpaired) electrons. The van der Waals surface area contributed by atoms with Crippen molar-refractivity contribution in [2.75, 3.05) is 26.2 Å². The molecular weight excluding hydrogens is 422 g/mol. The van der Waals surface area contributed by atoms with Crippen LogP contribution in [0.1, 0.15) is 52.6 Å². The molecule has 2 aromatic rings. The third kappa shape index (κ3) is 3.70. The zero-order valence-electron chi connectivity index (χ0n) is 17.4. The second kappa shape index (κ2) is 8.01. The first-order valence-electron chi connectivity index (χ1n) is 10.2. The number of aromatic nitrogens is 1. The molecule has 1 aromatic carbocycles. The Bertz CT molecular complexity index is 1200. The van der Waals surface area contributed by atoms with E-state index in [9.17, 15) is 22.8 Å². The SMILES string of the molecule is CC(=O)OCCN1C(=O)c2c(C)nc3ccc(S(=O)(=O)N4CCCCC4)cc3c2C1=O. The molecule has 0 aliphatic carbocycles. The number of ether oxygens (including phenoxy) is 1. The van der Waals surface area contributed by atoms with Crippen molar-refractivity contribution in [2.45, 2.75) is 38.0 Å². The van der Waals surface area contributed by atoms with E-state index in [0.717, 1.165) is 24.2 Å². The monoisotopic (exact) mass is 445 g/mol. The van der Waals surface area contributed by atoms with Gasteiger partial charge in [-0.3, -0.25) is 24.3 Å². The van der Waals surface area contributed by atoms with Crippen molar-refractivity contribution in [1.82, 2.24) is 14.2 Å². The molecule has 0 atom stereocenters. The number of esters is 1. The highest BCUT2D eigenvalue weighted by Gasteiger charge is 2.39. The molecule has 2 aliphatic rings. The van der Waals surface area contributed by atoms with Crippen LogP contribution in [-0.4, -0.2) is 66.6 Å². The number of aryl methyl sites for hydroxylation is 1. The van der Waals surface area contributed by atoms with Crippen molar-refractivity contribution in [3.8, 4) is 0 Å². The second-order valence-electron chi connectivity index (χ2n) is 7.69. The quantitative estimate of drug-likeness (QED) is 0.510. The predicted octanol–water partition coefficient (Wildman–Crippen LogP) is 1.88. The first kappa shape index (κ1) is 21.4.